The number of nitrogens with one attached hydrogen (secondary N) is 1. The molecule has 1 aromatic rings. The molecule has 0 radical (unpaired) electrons. The lowest BCUT2D eigenvalue weighted by molar-refractivity contribution is -0.139. The van der Waals surface area contributed by atoms with Crippen LogP contribution in [0.2, 0.25) is 0 Å². The number of nitrogens with zero attached hydrogens (tertiary/aromatic N) is 2. The molecule has 4 rings (SSSR count). The average molecular weight is 536 g/mol. The molecule has 198 valence electrons. The highest BCUT2D eigenvalue weighted by Crippen LogP contribution is 2.43. The molecule has 1 aromatic carbocycles. The van der Waals surface area contributed by atoms with E-state index in [9.17, 15) is 40.4 Å². The molecule has 2 aliphatic carbocycles. The number of anilines is 1. The van der Waals surface area contributed by atoms with E-state index < -0.39 is 74.0 Å². The molecule has 0 unspecified atom stereocenters. The fourth-order valence-corrected chi connectivity index (χ4v) is 6.92. The summed E-state index contributed by atoms with van der Waals surface area (Å²) in [5.74, 6) is -4.39. The fourth-order valence-electron chi connectivity index (χ4n) is 4.92. The molecule has 0 bridgehead atoms. The summed E-state index contributed by atoms with van der Waals surface area (Å²) in [7, 11) is -3.26. The monoisotopic (exact) mass is 535 g/mol. The van der Waals surface area contributed by atoms with Crippen molar-refractivity contribution in [2.45, 2.75) is 72.4 Å². The van der Waals surface area contributed by atoms with Crippen molar-refractivity contribution in [3.63, 3.8) is 0 Å². The summed E-state index contributed by atoms with van der Waals surface area (Å²) in [6, 6.07) is 4.76. The third-order valence-electron chi connectivity index (χ3n) is 7.30. The number of halogens is 5. The first kappa shape index (κ1) is 26.6. The van der Waals surface area contributed by atoms with Crippen molar-refractivity contribution in [3.8, 4) is 6.07 Å². The van der Waals surface area contributed by atoms with Gasteiger partial charge in [0.15, 0.2) is 9.84 Å². The highest BCUT2D eigenvalue weighted by molar-refractivity contribution is 7.92. The van der Waals surface area contributed by atoms with Crippen molar-refractivity contribution in [1.82, 2.24) is 5.32 Å². The molecular weight excluding hydrogens is 509 g/mol. The van der Waals surface area contributed by atoms with E-state index in [1.165, 1.54) is 18.1 Å². The van der Waals surface area contributed by atoms with Crippen molar-refractivity contribution >= 4 is 21.4 Å². The minimum absolute atomic E-state index is 0.0152. The van der Waals surface area contributed by atoms with Crippen LogP contribution in [0.5, 0.6) is 0 Å². The minimum atomic E-state index is -5.01. The second-order valence-corrected chi connectivity index (χ2v) is 11.9. The highest BCUT2D eigenvalue weighted by Gasteiger charge is 2.51. The van der Waals surface area contributed by atoms with Gasteiger partial charge in [0.1, 0.15) is 5.54 Å². The molecule has 13 heteroatoms. The second kappa shape index (κ2) is 9.13. The maximum absolute atomic E-state index is 14.0. The summed E-state index contributed by atoms with van der Waals surface area (Å²) < 4.78 is 101. The number of nitriles is 1. The van der Waals surface area contributed by atoms with Gasteiger partial charge in [-0.05, 0) is 43.9 Å². The molecule has 1 amide bonds. The lowest BCUT2D eigenvalue weighted by Gasteiger charge is -2.34. The summed E-state index contributed by atoms with van der Waals surface area (Å²) >= 11 is 0. The molecule has 1 saturated heterocycles. The van der Waals surface area contributed by atoms with Gasteiger partial charge >= 0.3 is 6.18 Å². The van der Waals surface area contributed by atoms with Crippen molar-refractivity contribution in [1.29, 1.82) is 5.26 Å². The van der Waals surface area contributed by atoms with E-state index in [0.29, 0.717) is 18.9 Å². The maximum atomic E-state index is 14.0. The molecule has 3 aliphatic rings. The van der Waals surface area contributed by atoms with Crippen LogP contribution in [0, 0.1) is 17.2 Å². The summed E-state index contributed by atoms with van der Waals surface area (Å²) in [5.41, 5.74) is -2.34. The van der Waals surface area contributed by atoms with Crippen LogP contribution >= 0.6 is 0 Å². The van der Waals surface area contributed by atoms with E-state index in [1.54, 1.807) is 0 Å². The molecule has 1 aliphatic heterocycles. The lowest BCUT2D eigenvalue weighted by Crippen LogP contribution is -2.42. The van der Waals surface area contributed by atoms with Gasteiger partial charge in [0.2, 0.25) is 5.91 Å². The van der Waals surface area contributed by atoms with Gasteiger partial charge in [0.25, 0.3) is 5.92 Å². The van der Waals surface area contributed by atoms with Gasteiger partial charge in [-0.1, -0.05) is 0 Å². The number of hydrogen-bond donors (Lipinski definition) is 1. The predicted molar refractivity (Wildman–Crippen MR) is 118 cm³/mol. The van der Waals surface area contributed by atoms with E-state index in [0.717, 1.165) is 6.07 Å². The van der Waals surface area contributed by atoms with E-state index in [4.69, 9.17) is 4.74 Å². The molecule has 36 heavy (non-hydrogen) atoms. The Labute approximate surface area is 205 Å². The number of carbonyl (C=O) groups excluding carboxylic acids is 1. The predicted octanol–water partition coefficient (Wildman–Crippen LogP) is 3.68. The summed E-state index contributed by atoms with van der Waals surface area (Å²) in [6.07, 6.45) is -6.38. The maximum Gasteiger partial charge on any atom is 0.417 e. The zero-order valence-corrected chi connectivity index (χ0v) is 20.3. The number of piperidine rings is 1. The van der Waals surface area contributed by atoms with Gasteiger partial charge in [-0.3, -0.25) is 4.79 Å². The van der Waals surface area contributed by atoms with E-state index in [2.05, 4.69) is 5.32 Å². The number of ether oxygens (including phenoxy) is 1. The van der Waals surface area contributed by atoms with Gasteiger partial charge in [-0.15, -0.1) is 0 Å². The lowest BCUT2D eigenvalue weighted by atomic mass is 10.0. The molecule has 2 saturated carbocycles. The number of benzene rings is 1. The number of alkyl halides is 5. The van der Waals surface area contributed by atoms with Gasteiger partial charge < -0.3 is 15.0 Å². The van der Waals surface area contributed by atoms with Crippen molar-refractivity contribution in [2.75, 3.05) is 25.1 Å². The normalized spacial score (nSPS) is 27.4. The molecule has 3 fully saturated rings. The van der Waals surface area contributed by atoms with Gasteiger partial charge in [-0.25, -0.2) is 17.2 Å². The van der Waals surface area contributed by atoms with Crippen LogP contribution in [0.25, 0.3) is 0 Å². The van der Waals surface area contributed by atoms with E-state index >= 15 is 0 Å². The largest absolute Gasteiger partial charge is 0.417 e. The molecule has 1 heterocycles. The molecule has 7 nitrogen and oxygen atoms in total. The van der Waals surface area contributed by atoms with Crippen LogP contribution in [-0.2, 0) is 25.5 Å². The Kier molecular flexibility index (Phi) is 6.75. The number of hydrogen-bond acceptors (Lipinski definition) is 6. The Bertz CT molecular complexity index is 1170. The molecule has 1 N–H and O–H groups in total. The number of carbonyl (C=O) groups is 1. The van der Waals surface area contributed by atoms with Gasteiger partial charge in [0.05, 0.1) is 33.8 Å². The van der Waals surface area contributed by atoms with Crippen LogP contribution in [0.1, 0.15) is 44.1 Å². The first-order chi connectivity index (χ1) is 16.7. The van der Waals surface area contributed by atoms with Crippen molar-refractivity contribution < 1.29 is 39.9 Å². The number of rotatable bonds is 6. The Balaban J connectivity index is 1.60. The number of sulfone groups is 1. The Morgan fingerprint density at radius 2 is 1.81 bits per heavy atom. The highest BCUT2D eigenvalue weighted by atomic mass is 32.2. The molecule has 0 spiro atoms. The first-order valence-electron chi connectivity index (χ1n) is 11.6. The molecule has 0 aromatic heterocycles. The van der Waals surface area contributed by atoms with E-state index in [1.807, 2.05) is 6.07 Å². The smallest absolute Gasteiger partial charge is 0.381 e. The zero-order valence-electron chi connectivity index (χ0n) is 19.4. The van der Waals surface area contributed by atoms with E-state index in [-0.39, 0.29) is 31.6 Å². The quantitative estimate of drug-likeness (QED) is 0.558. The second-order valence-electron chi connectivity index (χ2n) is 9.72. The number of methoxy groups -OCH3 is 1. The van der Waals surface area contributed by atoms with Crippen LogP contribution in [0.4, 0.5) is 27.6 Å². The third kappa shape index (κ3) is 5.16. The third-order valence-corrected chi connectivity index (χ3v) is 9.53. The van der Waals surface area contributed by atoms with Crippen LogP contribution < -0.4 is 10.2 Å². The standard InChI is InChI=1S/C23H26F5N3O4S/c1-35-18-12-15(11-16(18)20(32)30-21(13-29)4-5-21)36(33,34)19-3-2-14(10-17(19)23(26,27)28)31-8-6-22(24,25)7-9-31/h2-3,10,15-16,18H,4-9,11-12H2,1H3,(H,30,32)/t15-,16-,18-/m1/s1. The summed E-state index contributed by atoms with van der Waals surface area (Å²) in [6.45, 7) is -0.314. The summed E-state index contributed by atoms with van der Waals surface area (Å²) in [4.78, 5) is 13.2. The number of amides is 1. The fraction of sp³-hybridized carbons (Fsp3) is 0.652. The first-order valence-corrected chi connectivity index (χ1v) is 13.1. The minimum Gasteiger partial charge on any atom is -0.381 e. The Morgan fingerprint density at radius 3 is 2.33 bits per heavy atom. The van der Waals surface area contributed by atoms with Crippen LogP contribution in [-0.4, -0.2) is 57.3 Å². The zero-order chi connectivity index (χ0) is 26.5. The van der Waals surface area contributed by atoms with Crippen molar-refractivity contribution in [2.24, 2.45) is 5.92 Å². The molecule has 3 atom stereocenters. The van der Waals surface area contributed by atoms with Crippen LogP contribution in [0.15, 0.2) is 23.1 Å². The topological polar surface area (TPSA) is 99.5 Å². The van der Waals surface area contributed by atoms with Gasteiger partial charge in [0, 0.05) is 38.7 Å². The molecular formula is C23H26F5N3O4S. The van der Waals surface area contributed by atoms with Crippen molar-refractivity contribution in [3.05, 3.63) is 23.8 Å². The van der Waals surface area contributed by atoms with Crippen LogP contribution in [0.3, 0.4) is 0 Å². The SMILES string of the molecule is CO[C@@H]1C[C@H](S(=O)(=O)c2ccc(N3CCC(F)(F)CC3)cc2C(F)(F)F)C[C@H]1C(=O)NC1(C#N)CC1. The average Bonchev–Trinajstić information content (AvgIpc) is 3.43. The Hall–Kier alpha value is -2.46. The summed E-state index contributed by atoms with van der Waals surface area (Å²) in [5, 5.41) is 10.5. The Morgan fingerprint density at radius 1 is 1.17 bits per heavy atom. The van der Waals surface area contributed by atoms with Gasteiger partial charge in [-0.2, -0.15) is 18.4 Å².